The van der Waals surface area contributed by atoms with Crippen LogP contribution < -0.4 is 5.73 Å². The zero-order valence-electron chi connectivity index (χ0n) is 8.63. The Hall–Kier alpha value is -0.860. The van der Waals surface area contributed by atoms with E-state index >= 15 is 0 Å². The lowest BCUT2D eigenvalue weighted by Crippen LogP contribution is -2.50. The molecule has 0 spiro atoms. The average molecular weight is 236 g/mol. The van der Waals surface area contributed by atoms with Gasteiger partial charge in [-0.05, 0) is 0 Å². The number of hydrogen-bond donors (Lipinski definition) is 2. The Labute approximate surface area is 89.2 Å². The Kier molecular flexibility index (Phi) is 3.89. The summed E-state index contributed by atoms with van der Waals surface area (Å²) in [5.41, 5.74) is 5.35. The molecule has 0 saturated carbocycles. The zero-order valence-corrected chi connectivity index (χ0v) is 9.44. The van der Waals surface area contributed by atoms with Crippen molar-refractivity contribution in [1.82, 2.24) is 9.21 Å². The van der Waals surface area contributed by atoms with Crippen molar-refractivity contribution in [3.63, 3.8) is 0 Å². The average Bonchev–Trinajstić information content (AvgIpc) is 2.17. The van der Waals surface area contributed by atoms with Crippen LogP contribution in [0.25, 0.3) is 0 Å². The van der Waals surface area contributed by atoms with Crippen molar-refractivity contribution in [2.24, 2.45) is 10.9 Å². The highest BCUT2D eigenvalue weighted by Gasteiger charge is 2.23. The summed E-state index contributed by atoms with van der Waals surface area (Å²) >= 11 is 0. The molecule has 1 fully saturated rings. The second kappa shape index (κ2) is 4.77. The third kappa shape index (κ3) is 3.65. The van der Waals surface area contributed by atoms with Crippen molar-refractivity contribution in [3.05, 3.63) is 0 Å². The number of nitrogens with two attached hydrogens (primary N) is 1. The van der Waals surface area contributed by atoms with Crippen LogP contribution in [0.3, 0.4) is 0 Å². The van der Waals surface area contributed by atoms with E-state index in [0.29, 0.717) is 32.7 Å². The minimum atomic E-state index is -3.09. The van der Waals surface area contributed by atoms with Gasteiger partial charge in [-0.3, -0.25) is 4.90 Å². The molecule has 15 heavy (non-hydrogen) atoms. The Bertz CT molecular complexity index is 332. The second-order valence-corrected chi connectivity index (χ2v) is 5.51. The smallest absolute Gasteiger partial charge is 0.211 e. The summed E-state index contributed by atoms with van der Waals surface area (Å²) in [6.45, 7) is 2.48. The molecule has 3 N–H and O–H groups in total. The van der Waals surface area contributed by atoms with Crippen molar-refractivity contribution in [3.8, 4) is 0 Å². The first-order valence-electron chi connectivity index (χ1n) is 4.57. The first-order valence-corrected chi connectivity index (χ1v) is 6.42. The normalized spacial score (nSPS) is 21.8. The SMILES string of the molecule is CS(=O)(=O)N1CCN(CC(N)=NO)CC1. The van der Waals surface area contributed by atoms with Crippen LogP contribution in [0.1, 0.15) is 0 Å². The first-order chi connectivity index (χ1) is 6.93. The van der Waals surface area contributed by atoms with Crippen LogP contribution in [0.2, 0.25) is 0 Å². The third-order valence-corrected chi connectivity index (χ3v) is 3.62. The van der Waals surface area contributed by atoms with Crippen molar-refractivity contribution in [1.29, 1.82) is 0 Å². The summed E-state index contributed by atoms with van der Waals surface area (Å²) in [7, 11) is -3.09. The van der Waals surface area contributed by atoms with E-state index in [1.54, 1.807) is 0 Å². The van der Waals surface area contributed by atoms with Crippen molar-refractivity contribution in [2.75, 3.05) is 39.0 Å². The lowest BCUT2D eigenvalue weighted by Gasteiger charge is -2.32. The molecule has 0 amide bonds. The Morgan fingerprint density at radius 2 is 1.93 bits per heavy atom. The summed E-state index contributed by atoms with van der Waals surface area (Å²) in [4.78, 5) is 1.94. The summed E-state index contributed by atoms with van der Waals surface area (Å²) in [6.07, 6.45) is 1.20. The van der Waals surface area contributed by atoms with E-state index in [2.05, 4.69) is 5.16 Å². The molecule has 0 aliphatic carbocycles. The van der Waals surface area contributed by atoms with Gasteiger partial charge >= 0.3 is 0 Å². The highest BCUT2D eigenvalue weighted by molar-refractivity contribution is 7.88. The van der Waals surface area contributed by atoms with Gasteiger partial charge in [0, 0.05) is 26.2 Å². The molecule has 1 rings (SSSR count). The summed E-state index contributed by atoms with van der Waals surface area (Å²) < 4.78 is 23.8. The number of amidine groups is 1. The van der Waals surface area contributed by atoms with Gasteiger partial charge in [-0.2, -0.15) is 4.31 Å². The van der Waals surface area contributed by atoms with Crippen molar-refractivity contribution < 1.29 is 13.6 Å². The largest absolute Gasteiger partial charge is 0.409 e. The van der Waals surface area contributed by atoms with Gasteiger partial charge in [0.1, 0.15) is 0 Å². The fourth-order valence-corrected chi connectivity index (χ4v) is 2.31. The van der Waals surface area contributed by atoms with E-state index in [-0.39, 0.29) is 5.84 Å². The molecule has 0 atom stereocenters. The lowest BCUT2D eigenvalue weighted by molar-refractivity contribution is 0.207. The van der Waals surface area contributed by atoms with Crippen LogP contribution in [-0.2, 0) is 10.0 Å². The summed E-state index contributed by atoms with van der Waals surface area (Å²) in [5.74, 6) is 0.141. The van der Waals surface area contributed by atoms with Gasteiger partial charge in [-0.1, -0.05) is 5.16 Å². The molecule has 1 aliphatic rings. The number of piperazine rings is 1. The first kappa shape index (κ1) is 12.2. The van der Waals surface area contributed by atoms with Crippen molar-refractivity contribution in [2.45, 2.75) is 0 Å². The van der Waals surface area contributed by atoms with E-state index in [1.807, 2.05) is 4.90 Å². The van der Waals surface area contributed by atoms with Crippen LogP contribution in [-0.4, -0.2) is 67.6 Å². The van der Waals surface area contributed by atoms with Gasteiger partial charge in [0.25, 0.3) is 0 Å². The number of hydrogen-bond acceptors (Lipinski definition) is 5. The van der Waals surface area contributed by atoms with Crippen molar-refractivity contribution >= 4 is 15.9 Å². The molecule has 7 nitrogen and oxygen atoms in total. The van der Waals surface area contributed by atoms with Crippen LogP contribution in [0, 0.1) is 0 Å². The maximum absolute atomic E-state index is 11.2. The van der Waals surface area contributed by atoms with Gasteiger partial charge < -0.3 is 10.9 Å². The fraction of sp³-hybridized carbons (Fsp3) is 0.857. The molecule has 0 aromatic rings. The third-order valence-electron chi connectivity index (χ3n) is 2.31. The highest BCUT2D eigenvalue weighted by atomic mass is 32.2. The molecule has 8 heteroatoms. The minimum Gasteiger partial charge on any atom is -0.409 e. The quantitative estimate of drug-likeness (QED) is 0.264. The molecule has 0 bridgehead atoms. The molecule has 0 unspecified atom stereocenters. The van der Waals surface area contributed by atoms with E-state index in [9.17, 15) is 8.42 Å². The molecule has 1 heterocycles. The molecule has 0 aromatic heterocycles. The monoisotopic (exact) mass is 236 g/mol. The van der Waals surface area contributed by atoms with Gasteiger partial charge in [-0.15, -0.1) is 0 Å². The summed E-state index contributed by atoms with van der Waals surface area (Å²) in [5, 5.41) is 11.2. The molecular weight excluding hydrogens is 220 g/mol. The minimum absolute atomic E-state index is 0.141. The van der Waals surface area contributed by atoms with Crippen LogP contribution >= 0.6 is 0 Å². The maximum Gasteiger partial charge on any atom is 0.211 e. The Morgan fingerprint density at radius 3 is 2.33 bits per heavy atom. The molecule has 1 aliphatic heterocycles. The standard InChI is InChI=1S/C7H16N4O3S/c1-15(13,14)11-4-2-10(3-5-11)6-7(8)9-12/h12H,2-6H2,1H3,(H2,8,9). The van der Waals surface area contributed by atoms with Crippen LogP contribution in [0.5, 0.6) is 0 Å². The Balaban J connectivity index is 2.43. The number of nitrogens with zero attached hydrogens (tertiary/aromatic N) is 3. The lowest BCUT2D eigenvalue weighted by atomic mass is 10.3. The zero-order chi connectivity index (χ0) is 11.5. The molecule has 1 saturated heterocycles. The van der Waals surface area contributed by atoms with Gasteiger partial charge in [0.2, 0.25) is 10.0 Å². The van der Waals surface area contributed by atoms with E-state index in [1.165, 1.54) is 10.6 Å². The summed E-state index contributed by atoms with van der Waals surface area (Å²) in [6, 6.07) is 0. The Morgan fingerprint density at radius 1 is 1.40 bits per heavy atom. The second-order valence-electron chi connectivity index (χ2n) is 3.53. The highest BCUT2D eigenvalue weighted by Crippen LogP contribution is 2.05. The molecule has 0 aromatic carbocycles. The van der Waals surface area contributed by atoms with E-state index in [0.717, 1.165) is 0 Å². The number of oxime groups is 1. The predicted octanol–water partition coefficient (Wildman–Crippen LogP) is -1.69. The maximum atomic E-state index is 11.2. The van der Waals surface area contributed by atoms with Gasteiger partial charge in [-0.25, -0.2) is 8.42 Å². The van der Waals surface area contributed by atoms with Crippen LogP contribution in [0.15, 0.2) is 5.16 Å². The van der Waals surface area contributed by atoms with E-state index in [4.69, 9.17) is 10.9 Å². The molecule has 0 radical (unpaired) electrons. The predicted molar refractivity (Wildman–Crippen MR) is 56.3 cm³/mol. The molecule has 88 valence electrons. The van der Waals surface area contributed by atoms with Gasteiger partial charge in [0.05, 0.1) is 12.8 Å². The van der Waals surface area contributed by atoms with Gasteiger partial charge in [0.15, 0.2) is 5.84 Å². The topological polar surface area (TPSA) is 99.2 Å². The van der Waals surface area contributed by atoms with E-state index < -0.39 is 10.0 Å². The van der Waals surface area contributed by atoms with Crippen LogP contribution in [0.4, 0.5) is 0 Å². The fourth-order valence-electron chi connectivity index (χ4n) is 1.48. The molecular formula is C7H16N4O3S. The number of rotatable bonds is 3. The number of sulfonamides is 1.